The first-order chi connectivity index (χ1) is 16.5. The minimum absolute atomic E-state index is 0.0707. The molecule has 164 valence electrons. The van der Waals surface area contributed by atoms with Crippen LogP contribution in [0.15, 0.2) is 84.9 Å². The molecule has 0 atom stereocenters. The predicted molar refractivity (Wildman–Crippen MR) is 139 cm³/mol. The lowest BCUT2D eigenvalue weighted by Gasteiger charge is -2.02. The molecule has 8 heteroatoms. The molecular formula is C26H14N2O4S2. The van der Waals surface area contributed by atoms with Crippen LogP contribution < -0.4 is 0 Å². The first-order valence-electron chi connectivity index (χ1n) is 10.4. The number of thiophene rings is 2. The summed E-state index contributed by atoms with van der Waals surface area (Å²) in [6, 6.07) is 25.6. The number of para-hydroxylation sites is 2. The van der Waals surface area contributed by atoms with Crippen molar-refractivity contribution < 1.29 is 9.85 Å². The van der Waals surface area contributed by atoms with Crippen molar-refractivity contribution in [2.75, 3.05) is 0 Å². The van der Waals surface area contributed by atoms with Crippen LogP contribution in [-0.2, 0) is 0 Å². The van der Waals surface area contributed by atoms with Crippen molar-refractivity contribution in [1.82, 2.24) is 0 Å². The van der Waals surface area contributed by atoms with Crippen molar-refractivity contribution in [3.8, 4) is 20.9 Å². The second-order valence-corrected chi connectivity index (χ2v) is 9.91. The van der Waals surface area contributed by atoms with E-state index in [1.807, 2.05) is 24.3 Å². The highest BCUT2D eigenvalue weighted by atomic mass is 32.1. The average Bonchev–Trinajstić information content (AvgIpc) is 3.49. The number of nitro groups is 2. The first kappa shape index (κ1) is 20.5. The van der Waals surface area contributed by atoms with E-state index in [0.717, 1.165) is 40.7 Å². The molecule has 0 aliphatic heterocycles. The monoisotopic (exact) mass is 482 g/mol. The van der Waals surface area contributed by atoms with Crippen LogP contribution in [0.25, 0.3) is 51.8 Å². The van der Waals surface area contributed by atoms with Gasteiger partial charge in [0.25, 0.3) is 11.4 Å². The zero-order valence-electron chi connectivity index (χ0n) is 17.4. The Morgan fingerprint density at radius 2 is 0.912 bits per heavy atom. The molecular weight excluding hydrogens is 468 g/mol. The highest BCUT2D eigenvalue weighted by Crippen LogP contribution is 2.49. The largest absolute Gasteiger partial charge is 0.278 e. The van der Waals surface area contributed by atoms with E-state index in [-0.39, 0.29) is 21.2 Å². The molecule has 2 aromatic heterocycles. The predicted octanol–water partition coefficient (Wildman–Crippen LogP) is 8.42. The molecule has 0 aliphatic rings. The van der Waals surface area contributed by atoms with Crippen LogP contribution in [0.3, 0.4) is 0 Å². The van der Waals surface area contributed by atoms with Crippen molar-refractivity contribution >= 4 is 65.0 Å². The average molecular weight is 483 g/mol. The van der Waals surface area contributed by atoms with Crippen LogP contribution in [0.5, 0.6) is 0 Å². The summed E-state index contributed by atoms with van der Waals surface area (Å²) in [5, 5.41) is 27.4. The highest BCUT2D eigenvalue weighted by Gasteiger charge is 2.22. The van der Waals surface area contributed by atoms with Crippen LogP contribution in [0.4, 0.5) is 11.4 Å². The van der Waals surface area contributed by atoms with Crippen LogP contribution in [0, 0.1) is 20.2 Å². The molecule has 0 unspecified atom stereocenters. The van der Waals surface area contributed by atoms with Gasteiger partial charge >= 0.3 is 0 Å². The number of benzene rings is 4. The van der Waals surface area contributed by atoms with E-state index in [4.69, 9.17) is 0 Å². The number of rotatable bonds is 4. The van der Waals surface area contributed by atoms with E-state index in [1.54, 1.807) is 36.4 Å². The summed E-state index contributed by atoms with van der Waals surface area (Å²) in [6.45, 7) is 0. The summed E-state index contributed by atoms with van der Waals surface area (Å²) < 4.78 is 2.05. The van der Waals surface area contributed by atoms with Crippen molar-refractivity contribution in [1.29, 1.82) is 0 Å². The standard InChI is InChI=1S/C26H14N2O4S2/c29-27(30)21-11-5-3-9-17(21)23-13-19-15-7-1-2-8-16(15)20-14-24(34-26(20)25(19)33-23)18-10-4-6-12-22(18)28(31)32/h1-14H. The molecule has 6 rings (SSSR count). The highest BCUT2D eigenvalue weighted by molar-refractivity contribution is 7.30. The van der Waals surface area contributed by atoms with Gasteiger partial charge in [-0.1, -0.05) is 48.5 Å². The zero-order chi connectivity index (χ0) is 23.4. The third-order valence-corrected chi connectivity index (χ3v) is 8.41. The number of hydrogen-bond acceptors (Lipinski definition) is 6. The van der Waals surface area contributed by atoms with Crippen LogP contribution in [0.2, 0.25) is 0 Å². The fourth-order valence-corrected chi connectivity index (χ4v) is 6.99. The molecule has 6 aromatic rings. The Balaban J connectivity index is 1.70. The zero-order valence-corrected chi connectivity index (χ0v) is 19.1. The molecule has 6 nitrogen and oxygen atoms in total. The van der Waals surface area contributed by atoms with Gasteiger partial charge in [0.05, 0.1) is 30.4 Å². The van der Waals surface area contributed by atoms with Gasteiger partial charge in [0.1, 0.15) is 0 Å². The Morgan fingerprint density at radius 3 is 1.32 bits per heavy atom. The van der Waals surface area contributed by atoms with E-state index in [0.29, 0.717) is 11.1 Å². The molecule has 0 amide bonds. The lowest BCUT2D eigenvalue weighted by atomic mass is 10.0. The molecule has 0 saturated carbocycles. The molecule has 0 fully saturated rings. The summed E-state index contributed by atoms with van der Waals surface area (Å²) in [5.74, 6) is 0. The molecule has 34 heavy (non-hydrogen) atoms. The van der Waals surface area contributed by atoms with Crippen molar-refractivity contribution in [3.05, 3.63) is 105 Å². The van der Waals surface area contributed by atoms with Crippen LogP contribution >= 0.6 is 22.7 Å². The second-order valence-electron chi connectivity index (χ2n) is 7.80. The molecule has 0 radical (unpaired) electrons. The first-order valence-corrected chi connectivity index (χ1v) is 12.0. The third-order valence-electron chi connectivity index (χ3n) is 5.91. The summed E-state index contributed by atoms with van der Waals surface area (Å²) in [6.07, 6.45) is 0. The number of hydrogen-bond donors (Lipinski definition) is 0. The number of nitro benzene ring substituents is 2. The minimum atomic E-state index is -0.356. The fraction of sp³-hybridized carbons (Fsp3) is 0. The Hall–Kier alpha value is -4.14. The van der Waals surface area contributed by atoms with Crippen molar-refractivity contribution in [2.45, 2.75) is 0 Å². The van der Waals surface area contributed by atoms with Crippen LogP contribution in [-0.4, -0.2) is 9.85 Å². The molecule has 0 spiro atoms. The van der Waals surface area contributed by atoms with E-state index < -0.39 is 0 Å². The molecule has 2 heterocycles. The molecule has 0 N–H and O–H groups in total. The quantitative estimate of drug-likeness (QED) is 0.186. The van der Waals surface area contributed by atoms with E-state index in [1.165, 1.54) is 34.8 Å². The Kier molecular flexibility index (Phi) is 4.65. The Morgan fingerprint density at radius 1 is 0.529 bits per heavy atom. The Bertz CT molecular complexity index is 1650. The topological polar surface area (TPSA) is 86.3 Å². The van der Waals surface area contributed by atoms with Gasteiger partial charge < -0.3 is 0 Å². The van der Waals surface area contributed by atoms with E-state index in [2.05, 4.69) is 12.1 Å². The van der Waals surface area contributed by atoms with E-state index in [9.17, 15) is 20.2 Å². The normalized spacial score (nSPS) is 11.4. The third kappa shape index (κ3) is 3.07. The van der Waals surface area contributed by atoms with Gasteiger partial charge in [-0.25, -0.2) is 0 Å². The van der Waals surface area contributed by atoms with Gasteiger partial charge in [-0.3, -0.25) is 20.2 Å². The molecule has 0 bridgehead atoms. The summed E-state index contributed by atoms with van der Waals surface area (Å²) in [7, 11) is 0. The van der Waals surface area contributed by atoms with Crippen LogP contribution in [0.1, 0.15) is 0 Å². The second kappa shape index (κ2) is 7.72. The van der Waals surface area contributed by atoms with E-state index >= 15 is 0 Å². The number of nitrogens with zero attached hydrogens (tertiary/aromatic N) is 2. The smallest absolute Gasteiger partial charge is 0.258 e. The SMILES string of the molecule is O=[N+]([O-])c1ccccc1-c1cc2c3ccccc3c3cc(-c4ccccc4[N+](=O)[O-])sc3c2s1. The maximum atomic E-state index is 11.6. The molecule has 4 aromatic carbocycles. The van der Waals surface area contributed by atoms with Gasteiger partial charge in [0, 0.05) is 32.7 Å². The van der Waals surface area contributed by atoms with Crippen molar-refractivity contribution in [3.63, 3.8) is 0 Å². The van der Waals surface area contributed by atoms with Gasteiger partial charge in [-0.2, -0.15) is 0 Å². The maximum absolute atomic E-state index is 11.6. The lowest BCUT2D eigenvalue weighted by Crippen LogP contribution is -1.89. The molecule has 0 aliphatic carbocycles. The van der Waals surface area contributed by atoms with Gasteiger partial charge in [0.15, 0.2) is 0 Å². The minimum Gasteiger partial charge on any atom is -0.258 e. The van der Waals surface area contributed by atoms with Gasteiger partial charge in [0.2, 0.25) is 0 Å². The van der Waals surface area contributed by atoms with Gasteiger partial charge in [-0.15, -0.1) is 22.7 Å². The fourth-order valence-electron chi connectivity index (χ4n) is 4.42. The lowest BCUT2D eigenvalue weighted by molar-refractivity contribution is -0.384. The summed E-state index contributed by atoms with van der Waals surface area (Å²) in [5.41, 5.74) is 1.31. The molecule has 0 saturated heterocycles. The van der Waals surface area contributed by atoms with Crippen molar-refractivity contribution in [2.24, 2.45) is 0 Å². The number of fused-ring (bicyclic) bond motifs is 6. The summed E-state index contributed by atoms with van der Waals surface area (Å²) in [4.78, 5) is 24.2. The summed E-state index contributed by atoms with van der Waals surface area (Å²) >= 11 is 3.03. The maximum Gasteiger partial charge on any atom is 0.278 e. The Labute approximate surface area is 200 Å². The van der Waals surface area contributed by atoms with Gasteiger partial charge in [-0.05, 0) is 35.0 Å².